The second-order valence-electron chi connectivity index (χ2n) is 8.79. The normalized spacial score (nSPS) is 15.9. The number of rotatable bonds is 5. The smallest absolute Gasteiger partial charge is 0.318 e. The van der Waals surface area contributed by atoms with Crippen molar-refractivity contribution in [3.05, 3.63) is 64.7 Å². The van der Waals surface area contributed by atoms with E-state index in [4.69, 9.17) is 16.3 Å². The Kier molecular flexibility index (Phi) is 7.09. The van der Waals surface area contributed by atoms with Crippen molar-refractivity contribution in [1.82, 2.24) is 15.2 Å². The zero-order valence-corrected chi connectivity index (χ0v) is 19.8. The number of hydrazone groups is 1. The van der Waals surface area contributed by atoms with E-state index in [1.54, 1.807) is 20.2 Å². The van der Waals surface area contributed by atoms with E-state index in [0.717, 1.165) is 22.6 Å². The monoisotopic (exact) mass is 456 g/mol. The van der Waals surface area contributed by atoms with Crippen LogP contribution >= 0.6 is 11.6 Å². The van der Waals surface area contributed by atoms with Crippen molar-refractivity contribution in [2.24, 2.45) is 5.10 Å². The predicted octanol–water partition coefficient (Wildman–Crippen LogP) is 4.47. The van der Waals surface area contributed by atoms with Crippen molar-refractivity contribution < 1.29 is 14.3 Å². The molecule has 1 atom stereocenters. The van der Waals surface area contributed by atoms with Gasteiger partial charge in [-0.1, -0.05) is 41.9 Å². The maximum absolute atomic E-state index is 13.2. The highest BCUT2D eigenvalue weighted by molar-refractivity contribution is 6.34. The third kappa shape index (κ3) is 5.59. The molecule has 1 aliphatic rings. The van der Waals surface area contributed by atoms with Crippen molar-refractivity contribution in [3.8, 4) is 5.75 Å². The van der Waals surface area contributed by atoms with Gasteiger partial charge in [0.1, 0.15) is 12.3 Å². The van der Waals surface area contributed by atoms with Gasteiger partial charge >= 0.3 is 6.03 Å². The lowest BCUT2D eigenvalue weighted by atomic mass is 9.98. The molecule has 170 valence electrons. The average molecular weight is 457 g/mol. The van der Waals surface area contributed by atoms with Gasteiger partial charge in [0.2, 0.25) is 0 Å². The molecular weight excluding hydrogens is 428 g/mol. The lowest BCUT2D eigenvalue weighted by Gasteiger charge is -2.28. The summed E-state index contributed by atoms with van der Waals surface area (Å²) in [6.45, 7) is 5.57. The van der Waals surface area contributed by atoms with Crippen LogP contribution in [0.5, 0.6) is 5.75 Å². The fourth-order valence-electron chi connectivity index (χ4n) is 3.45. The number of methoxy groups -OCH3 is 1. The van der Waals surface area contributed by atoms with Gasteiger partial charge in [-0.25, -0.2) is 9.80 Å². The summed E-state index contributed by atoms with van der Waals surface area (Å²) in [4.78, 5) is 27.0. The molecule has 8 heteroatoms. The van der Waals surface area contributed by atoms with Gasteiger partial charge in [0, 0.05) is 29.6 Å². The molecule has 0 radical (unpaired) electrons. The summed E-state index contributed by atoms with van der Waals surface area (Å²) < 4.78 is 5.25. The lowest BCUT2D eigenvalue weighted by Crippen LogP contribution is -2.49. The maximum atomic E-state index is 13.2. The predicted molar refractivity (Wildman–Crippen MR) is 126 cm³/mol. The number of ether oxygens (including phenoxy) is 1. The topological polar surface area (TPSA) is 74.2 Å². The van der Waals surface area contributed by atoms with Crippen LogP contribution in [0.1, 0.15) is 44.4 Å². The van der Waals surface area contributed by atoms with E-state index in [-0.39, 0.29) is 24.5 Å². The van der Waals surface area contributed by atoms with E-state index in [2.05, 4.69) is 10.4 Å². The molecule has 3 rings (SSSR count). The minimum atomic E-state index is -0.400. The number of likely N-dealkylation sites (N-methyl/N-ethyl adjacent to an activating group) is 1. The highest BCUT2D eigenvalue weighted by Crippen LogP contribution is 2.35. The van der Waals surface area contributed by atoms with Gasteiger partial charge in [0.25, 0.3) is 5.91 Å². The highest BCUT2D eigenvalue weighted by atomic mass is 35.5. The third-order valence-corrected chi connectivity index (χ3v) is 5.38. The van der Waals surface area contributed by atoms with Crippen LogP contribution in [0.25, 0.3) is 0 Å². The number of hydrogen-bond donors (Lipinski definition) is 1. The number of carbonyl (C=O) groups is 2. The Balaban J connectivity index is 1.87. The van der Waals surface area contributed by atoms with Crippen molar-refractivity contribution in [2.75, 3.05) is 20.7 Å². The molecule has 1 unspecified atom stereocenters. The van der Waals surface area contributed by atoms with E-state index in [1.807, 2.05) is 63.2 Å². The summed E-state index contributed by atoms with van der Waals surface area (Å²) >= 11 is 6.39. The van der Waals surface area contributed by atoms with Gasteiger partial charge < -0.3 is 15.0 Å². The Morgan fingerprint density at radius 1 is 1.19 bits per heavy atom. The zero-order chi connectivity index (χ0) is 23.5. The van der Waals surface area contributed by atoms with Crippen LogP contribution in [0, 0.1) is 0 Å². The number of halogens is 1. The number of hydrogen-bond acceptors (Lipinski definition) is 4. The number of nitrogens with zero attached hydrogens (tertiary/aromatic N) is 3. The molecule has 0 spiro atoms. The van der Waals surface area contributed by atoms with E-state index < -0.39 is 5.54 Å². The summed E-state index contributed by atoms with van der Waals surface area (Å²) in [6.07, 6.45) is 0.514. The van der Waals surface area contributed by atoms with Crippen LogP contribution in [0.3, 0.4) is 0 Å². The first-order valence-electron chi connectivity index (χ1n) is 10.4. The number of carbonyl (C=O) groups excluding carboxylic acids is 2. The van der Waals surface area contributed by atoms with E-state index in [9.17, 15) is 9.59 Å². The molecule has 0 saturated heterocycles. The standard InChI is InChI=1S/C24H29ClN4O3/c1-24(2,3)26-23(31)28(4)15-22(30)29-21(16-10-12-17(32-5)13-11-16)14-20(27-29)18-8-6-7-9-19(18)25/h6-13,21H,14-15H2,1-5H3,(H,26,31). The van der Waals surface area contributed by atoms with Gasteiger partial charge in [-0.3, -0.25) is 4.79 Å². The first-order valence-corrected chi connectivity index (χ1v) is 10.8. The number of nitrogens with one attached hydrogen (secondary N) is 1. The number of benzene rings is 2. The van der Waals surface area contributed by atoms with Gasteiger partial charge in [-0.05, 0) is 44.5 Å². The van der Waals surface area contributed by atoms with Crippen LogP contribution in [0.15, 0.2) is 53.6 Å². The second kappa shape index (κ2) is 9.61. The fraction of sp³-hybridized carbons (Fsp3) is 0.375. The van der Waals surface area contributed by atoms with Crippen LogP contribution in [-0.2, 0) is 4.79 Å². The van der Waals surface area contributed by atoms with Crippen molar-refractivity contribution in [2.45, 2.75) is 38.8 Å². The van der Waals surface area contributed by atoms with Gasteiger partial charge in [0.15, 0.2) is 0 Å². The van der Waals surface area contributed by atoms with Crippen LogP contribution in [0.2, 0.25) is 5.02 Å². The summed E-state index contributed by atoms with van der Waals surface area (Å²) in [7, 11) is 3.20. The Bertz CT molecular complexity index is 1010. The average Bonchev–Trinajstić information content (AvgIpc) is 3.18. The SMILES string of the molecule is COc1ccc(C2CC(c3ccccc3Cl)=NN2C(=O)CN(C)C(=O)NC(C)(C)C)cc1. The largest absolute Gasteiger partial charge is 0.497 e. The highest BCUT2D eigenvalue weighted by Gasteiger charge is 2.34. The molecule has 1 aliphatic heterocycles. The first-order chi connectivity index (χ1) is 15.1. The molecule has 0 aliphatic carbocycles. The summed E-state index contributed by atoms with van der Waals surface area (Å²) in [5.41, 5.74) is 2.04. The van der Waals surface area contributed by atoms with Crippen molar-refractivity contribution in [3.63, 3.8) is 0 Å². The second-order valence-corrected chi connectivity index (χ2v) is 9.20. The molecule has 0 saturated carbocycles. The molecule has 2 aromatic carbocycles. The molecule has 2 aromatic rings. The fourth-order valence-corrected chi connectivity index (χ4v) is 3.69. The Morgan fingerprint density at radius 2 is 1.84 bits per heavy atom. The summed E-state index contributed by atoms with van der Waals surface area (Å²) in [5, 5.41) is 9.53. The van der Waals surface area contributed by atoms with Gasteiger partial charge in [-0.15, -0.1) is 0 Å². The number of amides is 3. The minimum absolute atomic E-state index is 0.103. The van der Waals surface area contributed by atoms with Crippen LogP contribution in [0.4, 0.5) is 4.79 Å². The van der Waals surface area contributed by atoms with Gasteiger partial charge in [-0.2, -0.15) is 5.10 Å². The molecule has 1 N–H and O–H groups in total. The number of urea groups is 1. The molecular formula is C24H29ClN4O3. The van der Waals surface area contributed by atoms with E-state index in [0.29, 0.717) is 11.4 Å². The van der Waals surface area contributed by atoms with Crippen molar-refractivity contribution in [1.29, 1.82) is 0 Å². The molecule has 0 fully saturated rings. The van der Waals surface area contributed by atoms with E-state index >= 15 is 0 Å². The maximum Gasteiger partial charge on any atom is 0.318 e. The van der Waals surface area contributed by atoms with Crippen LogP contribution < -0.4 is 10.1 Å². The summed E-state index contributed by atoms with van der Waals surface area (Å²) in [5.74, 6) is 0.454. The molecule has 3 amide bonds. The third-order valence-electron chi connectivity index (χ3n) is 5.05. The Labute approximate surface area is 194 Å². The van der Waals surface area contributed by atoms with E-state index in [1.165, 1.54) is 9.91 Å². The zero-order valence-electron chi connectivity index (χ0n) is 19.1. The molecule has 0 aromatic heterocycles. The lowest BCUT2D eigenvalue weighted by molar-refractivity contribution is -0.133. The Hall–Kier alpha value is -3.06. The molecule has 7 nitrogen and oxygen atoms in total. The Morgan fingerprint density at radius 3 is 2.44 bits per heavy atom. The molecule has 32 heavy (non-hydrogen) atoms. The molecule has 1 heterocycles. The molecule has 0 bridgehead atoms. The quantitative estimate of drug-likeness (QED) is 0.721. The van der Waals surface area contributed by atoms with Crippen molar-refractivity contribution >= 4 is 29.3 Å². The summed E-state index contributed by atoms with van der Waals surface area (Å²) in [6, 6.07) is 14.4. The van der Waals surface area contributed by atoms with Gasteiger partial charge in [0.05, 0.1) is 18.9 Å². The minimum Gasteiger partial charge on any atom is -0.497 e. The van der Waals surface area contributed by atoms with Crippen LogP contribution in [-0.4, -0.2) is 53.8 Å². The first kappa shape index (κ1) is 23.6.